The highest BCUT2D eigenvalue weighted by Gasteiger charge is 2.28. The molecule has 0 fully saturated rings. The van der Waals surface area contributed by atoms with Crippen LogP contribution in [0.25, 0.3) is 5.69 Å². The first-order chi connectivity index (χ1) is 9.84. The molecule has 0 aliphatic heterocycles. The van der Waals surface area contributed by atoms with E-state index in [1.54, 1.807) is 13.8 Å². The minimum atomic E-state index is -2.23. The average Bonchev–Trinajstić information content (AvgIpc) is 2.89. The van der Waals surface area contributed by atoms with Gasteiger partial charge in [-0.05, 0) is 10.4 Å². The number of hydrogen-bond acceptors (Lipinski definition) is 4. The maximum atomic E-state index is 13.7. The zero-order valence-electron chi connectivity index (χ0n) is 11.0. The molecule has 0 spiro atoms. The van der Waals surface area contributed by atoms with Crippen molar-refractivity contribution in [2.75, 3.05) is 0 Å². The SMILES string of the molecule is CC(C)NCc1nnnn1-c1c(F)c(F)c(F)c(F)c1F. The summed E-state index contributed by atoms with van der Waals surface area (Å²) >= 11 is 0. The van der Waals surface area contributed by atoms with Crippen molar-refractivity contribution in [1.82, 2.24) is 25.5 Å². The molecule has 1 heterocycles. The highest BCUT2D eigenvalue weighted by Crippen LogP contribution is 2.25. The van der Waals surface area contributed by atoms with Gasteiger partial charge in [0, 0.05) is 6.04 Å². The molecule has 5 nitrogen and oxygen atoms in total. The summed E-state index contributed by atoms with van der Waals surface area (Å²) in [5, 5.41) is 12.8. The molecule has 2 rings (SSSR count). The van der Waals surface area contributed by atoms with E-state index >= 15 is 0 Å². The van der Waals surface area contributed by atoms with Gasteiger partial charge in [-0.15, -0.1) is 5.10 Å². The van der Waals surface area contributed by atoms with Crippen LogP contribution in [0.5, 0.6) is 0 Å². The number of halogens is 5. The van der Waals surface area contributed by atoms with E-state index in [0.29, 0.717) is 4.68 Å². The van der Waals surface area contributed by atoms with E-state index in [2.05, 4.69) is 20.8 Å². The van der Waals surface area contributed by atoms with Crippen LogP contribution in [0.1, 0.15) is 19.7 Å². The van der Waals surface area contributed by atoms with E-state index < -0.39 is 34.8 Å². The van der Waals surface area contributed by atoms with Gasteiger partial charge in [0.15, 0.2) is 29.1 Å². The fourth-order valence-corrected chi connectivity index (χ4v) is 1.56. The quantitative estimate of drug-likeness (QED) is 0.532. The lowest BCUT2D eigenvalue weighted by atomic mass is 10.2. The Kier molecular flexibility index (Phi) is 4.16. The normalized spacial score (nSPS) is 11.4. The molecule has 0 aliphatic rings. The summed E-state index contributed by atoms with van der Waals surface area (Å²) < 4.78 is 67.2. The number of nitrogens with zero attached hydrogens (tertiary/aromatic N) is 4. The summed E-state index contributed by atoms with van der Waals surface area (Å²) in [5.74, 6) is -10.4. The zero-order valence-corrected chi connectivity index (χ0v) is 11.0. The summed E-state index contributed by atoms with van der Waals surface area (Å²) in [5.41, 5.74) is -1.21. The van der Waals surface area contributed by atoms with E-state index in [9.17, 15) is 22.0 Å². The van der Waals surface area contributed by atoms with Crippen LogP contribution in [0.15, 0.2) is 0 Å². The zero-order chi connectivity index (χ0) is 15.7. The Morgan fingerprint density at radius 3 is 2.00 bits per heavy atom. The minimum Gasteiger partial charge on any atom is -0.308 e. The van der Waals surface area contributed by atoms with Gasteiger partial charge in [0.1, 0.15) is 5.69 Å². The van der Waals surface area contributed by atoms with Crippen molar-refractivity contribution in [2.24, 2.45) is 0 Å². The number of hydrogen-bond donors (Lipinski definition) is 1. The molecule has 0 aliphatic carbocycles. The highest BCUT2D eigenvalue weighted by atomic mass is 19.2. The molecular formula is C11H10F5N5. The molecule has 0 radical (unpaired) electrons. The maximum absolute atomic E-state index is 13.7. The van der Waals surface area contributed by atoms with Crippen LogP contribution in [0.2, 0.25) is 0 Å². The van der Waals surface area contributed by atoms with Crippen LogP contribution in [0.3, 0.4) is 0 Å². The Morgan fingerprint density at radius 2 is 1.48 bits per heavy atom. The van der Waals surface area contributed by atoms with E-state index in [-0.39, 0.29) is 18.4 Å². The first-order valence-corrected chi connectivity index (χ1v) is 5.87. The molecule has 1 aromatic heterocycles. The molecule has 114 valence electrons. The Bertz CT molecular complexity index is 640. The first kappa shape index (κ1) is 15.3. The van der Waals surface area contributed by atoms with Crippen LogP contribution in [0, 0.1) is 29.1 Å². The van der Waals surface area contributed by atoms with Gasteiger partial charge in [-0.1, -0.05) is 13.8 Å². The minimum absolute atomic E-state index is 0.00605. The van der Waals surface area contributed by atoms with Crippen molar-refractivity contribution in [2.45, 2.75) is 26.4 Å². The summed E-state index contributed by atoms with van der Waals surface area (Å²) in [6.45, 7) is 3.59. The van der Waals surface area contributed by atoms with Gasteiger partial charge < -0.3 is 5.32 Å². The van der Waals surface area contributed by atoms with Crippen LogP contribution < -0.4 is 5.32 Å². The van der Waals surface area contributed by atoms with Crippen LogP contribution in [-0.2, 0) is 6.54 Å². The predicted molar refractivity (Wildman–Crippen MR) is 60.9 cm³/mol. The van der Waals surface area contributed by atoms with Crippen molar-refractivity contribution >= 4 is 0 Å². The number of nitrogens with one attached hydrogen (secondary N) is 1. The molecule has 21 heavy (non-hydrogen) atoms. The summed E-state index contributed by atoms with van der Waals surface area (Å²) in [4.78, 5) is 0. The number of tetrazole rings is 1. The van der Waals surface area contributed by atoms with Gasteiger partial charge in [-0.3, -0.25) is 0 Å². The topological polar surface area (TPSA) is 55.6 Å². The van der Waals surface area contributed by atoms with E-state index in [1.807, 2.05) is 0 Å². The van der Waals surface area contributed by atoms with Gasteiger partial charge in [-0.25, -0.2) is 22.0 Å². The summed E-state index contributed by atoms with van der Waals surface area (Å²) in [6, 6.07) is 0.00605. The van der Waals surface area contributed by atoms with Crippen molar-refractivity contribution in [3.8, 4) is 5.69 Å². The third kappa shape index (κ3) is 2.71. The molecular weight excluding hydrogens is 297 g/mol. The molecule has 1 N–H and O–H groups in total. The molecule has 0 amide bonds. The lowest BCUT2D eigenvalue weighted by molar-refractivity contribution is 0.372. The molecule has 1 aromatic carbocycles. The van der Waals surface area contributed by atoms with Gasteiger partial charge in [0.2, 0.25) is 5.82 Å². The second kappa shape index (κ2) is 5.72. The molecule has 0 bridgehead atoms. The van der Waals surface area contributed by atoms with Crippen molar-refractivity contribution < 1.29 is 22.0 Å². The fourth-order valence-electron chi connectivity index (χ4n) is 1.56. The highest BCUT2D eigenvalue weighted by molar-refractivity contribution is 5.37. The van der Waals surface area contributed by atoms with Crippen molar-refractivity contribution in [3.63, 3.8) is 0 Å². The van der Waals surface area contributed by atoms with Crippen molar-refractivity contribution in [1.29, 1.82) is 0 Å². The number of benzene rings is 1. The van der Waals surface area contributed by atoms with E-state index in [4.69, 9.17) is 0 Å². The second-order valence-corrected chi connectivity index (χ2v) is 4.46. The molecule has 0 saturated carbocycles. The third-order valence-corrected chi connectivity index (χ3v) is 2.60. The third-order valence-electron chi connectivity index (χ3n) is 2.60. The Morgan fingerprint density at radius 1 is 0.952 bits per heavy atom. The molecule has 2 aromatic rings. The Labute approximate surface area is 115 Å². The number of rotatable bonds is 4. The van der Waals surface area contributed by atoms with E-state index in [1.165, 1.54) is 0 Å². The maximum Gasteiger partial charge on any atom is 0.200 e. The monoisotopic (exact) mass is 307 g/mol. The van der Waals surface area contributed by atoms with Crippen LogP contribution in [0.4, 0.5) is 22.0 Å². The lowest BCUT2D eigenvalue weighted by Gasteiger charge is -2.11. The summed E-state index contributed by atoms with van der Waals surface area (Å²) in [7, 11) is 0. The smallest absolute Gasteiger partial charge is 0.200 e. The fraction of sp³-hybridized carbons (Fsp3) is 0.364. The standard InChI is InChI=1S/C11H10F5N5/c1-4(2)17-3-5-18-19-20-21(5)11-9(15)7(13)6(12)8(14)10(11)16/h4,17H,3H2,1-2H3. The Balaban J connectivity index is 2.56. The Hall–Kier alpha value is -2.10. The van der Waals surface area contributed by atoms with Gasteiger partial charge in [0.05, 0.1) is 6.54 Å². The number of aromatic nitrogens is 4. The molecule has 10 heteroatoms. The van der Waals surface area contributed by atoms with E-state index in [0.717, 1.165) is 0 Å². The van der Waals surface area contributed by atoms with Gasteiger partial charge in [0.25, 0.3) is 0 Å². The second-order valence-electron chi connectivity index (χ2n) is 4.46. The van der Waals surface area contributed by atoms with Gasteiger partial charge in [-0.2, -0.15) is 4.68 Å². The molecule has 0 unspecified atom stereocenters. The van der Waals surface area contributed by atoms with Crippen molar-refractivity contribution in [3.05, 3.63) is 34.9 Å². The molecule has 0 saturated heterocycles. The van der Waals surface area contributed by atoms with Crippen LogP contribution in [-0.4, -0.2) is 26.2 Å². The van der Waals surface area contributed by atoms with Crippen LogP contribution >= 0.6 is 0 Å². The average molecular weight is 307 g/mol. The largest absolute Gasteiger partial charge is 0.308 e. The summed E-state index contributed by atoms with van der Waals surface area (Å²) in [6.07, 6.45) is 0. The lowest BCUT2D eigenvalue weighted by Crippen LogP contribution is -2.24. The molecule has 0 atom stereocenters. The first-order valence-electron chi connectivity index (χ1n) is 5.87. The predicted octanol–water partition coefficient (Wildman–Crippen LogP) is 1.86. The van der Waals surface area contributed by atoms with Gasteiger partial charge >= 0.3 is 0 Å².